The zero-order valence-corrected chi connectivity index (χ0v) is 47.2. The summed E-state index contributed by atoms with van der Waals surface area (Å²) in [7, 11) is 0. The van der Waals surface area contributed by atoms with E-state index in [1.165, 1.54) is 199 Å². The van der Waals surface area contributed by atoms with Crippen LogP contribution in [0, 0.1) is 0 Å². The van der Waals surface area contributed by atoms with Crippen molar-refractivity contribution in [3.05, 3.63) is 60.8 Å². The van der Waals surface area contributed by atoms with Crippen LogP contribution in [0.1, 0.15) is 316 Å². The molecule has 0 aromatic rings. The molecule has 0 saturated carbocycles. The minimum atomic E-state index is -0.801. The van der Waals surface area contributed by atoms with Crippen LogP contribution >= 0.6 is 0 Å². The number of rotatable bonds is 56. The molecule has 1 atom stereocenters. The van der Waals surface area contributed by atoms with E-state index >= 15 is 0 Å². The van der Waals surface area contributed by atoms with Crippen molar-refractivity contribution >= 4 is 17.9 Å². The van der Waals surface area contributed by atoms with Crippen molar-refractivity contribution in [3.8, 4) is 0 Å². The van der Waals surface area contributed by atoms with Crippen LogP contribution in [0.4, 0.5) is 0 Å². The normalized spacial score (nSPS) is 12.4. The maximum absolute atomic E-state index is 12.9. The first kappa shape index (κ1) is 68.1. The summed E-state index contributed by atoms with van der Waals surface area (Å²) in [6.07, 6.45) is 75.2. The first-order valence-electron chi connectivity index (χ1n) is 30.8. The lowest BCUT2D eigenvalue weighted by molar-refractivity contribution is -0.166. The van der Waals surface area contributed by atoms with Gasteiger partial charge in [0.05, 0.1) is 0 Å². The Hall–Kier alpha value is -2.89. The van der Waals surface area contributed by atoms with Gasteiger partial charge in [-0.15, -0.1) is 0 Å². The van der Waals surface area contributed by atoms with E-state index in [9.17, 15) is 14.4 Å². The fourth-order valence-corrected chi connectivity index (χ4v) is 8.97. The van der Waals surface area contributed by atoms with E-state index in [2.05, 4.69) is 75.5 Å². The van der Waals surface area contributed by atoms with Gasteiger partial charge in [0.2, 0.25) is 0 Å². The van der Waals surface area contributed by atoms with Crippen LogP contribution in [0.15, 0.2) is 60.8 Å². The van der Waals surface area contributed by atoms with Gasteiger partial charge in [-0.3, -0.25) is 14.4 Å². The van der Waals surface area contributed by atoms with Gasteiger partial charge in [0.25, 0.3) is 0 Å². The van der Waals surface area contributed by atoms with E-state index in [1.807, 2.05) is 6.08 Å². The molecule has 6 heteroatoms. The van der Waals surface area contributed by atoms with E-state index < -0.39 is 6.10 Å². The molecule has 6 nitrogen and oxygen atoms in total. The molecule has 0 heterocycles. The lowest BCUT2D eigenvalue weighted by Gasteiger charge is -2.18. The summed E-state index contributed by atoms with van der Waals surface area (Å²) in [6.45, 7) is 6.51. The largest absolute Gasteiger partial charge is 0.462 e. The third kappa shape index (κ3) is 57.9. The molecule has 0 spiro atoms. The van der Waals surface area contributed by atoms with Crippen LogP contribution < -0.4 is 0 Å². The number of carbonyl (C=O) groups is 3. The molecule has 0 bridgehead atoms. The van der Waals surface area contributed by atoms with E-state index in [0.717, 1.165) is 70.6 Å². The number of hydrogen-bond acceptors (Lipinski definition) is 6. The molecule has 0 saturated heterocycles. The van der Waals surface area contributed by atoms with Crippen LogP contribution in [-0.4, -0.2) is 37.2 Å². The minimum Gasteiger partial charge on any atom is -0.462 e. The molecule has 0 aliphatic carbocycles. The summed E-state index contributed by atoms with van der Waals surface area (Å²) in [5.74, 6) is -0.960. The third-order valence-corrected chi connectivity index (χ3v) is 13.6. The molecule has 0 aliphatic heterocycles. The summed E-state index contributed by atoms with van der Waals surface area (Å²) in [5, 5.41) is 0. The van der Waals surface area contributed by atoms with Crippen LogP contribution in [0.3, 0.4) is 0 Å². The van der Waals surface area contributed by atoms with Gasteiger partial charge >= 0.3 is 17.9 Å². The van der Waals surface area contributed by atoms with Crippen molar-refractivity contribution in [2.45, 2.75) is 322 Å². The SMILES string of the molecule is CC/C=C\C/C=C\C/C=C\C/C=C\C/C=C\CCC(=O)OCC(COC(=O)CCCCCCCCCCCCCCCCCCCCC)OC(=O)CCCCCCCCCCCCCCCCCCCC. The molecule has 71 heavy (non-hydrogen) atoms. The third-order valence-electron chi connectivity index (χ3n) is 13.6. The van der Waals surface area contributed by atoms with Gasteiger partial charge in [-0.05, 0) is 51.4 Å². The first-order valence-corrected chi connectivity index (χ1v) is 30.8. The topological polar surface area (TPSA) is 78.9 Å². The predicted octanol–water partition coefficient (Wildman–Crippen LogP) is 20.8. The molecule has 1 unspecified atom stereocenters. The van der Waals surface area contributed by atoms with E-state index in [0.29, 0.717) is 19.3 Å². The highest BCUT2D eigenvalue weighted by Gasteiger charge is 2.19. The number of unbranched alkanes of at least 4 members (excludes halogenated alkanes) is 35. The zero-order valence-electron chi connectivity index (χ0n) is 47.2. The summed E-state index contributed by atoms with van der Waals surface area (Å²) >= 11 is 0. The highest BCUT2D eigenvalue weighted by atomic mass is 16.6. The number of hydrogen-bond donors (Lipinski definition) is 0. The highest BCUT2D eigenvalue weighted by molar-refractivity contribution is 5.71. The predicted molar refractivity (Wildman–Crippen MR) is 307 cm³/mol. The number of allylic oxidation sites excluding steroid dienone is 10. The molecule has 0 radical (unpaired) electrons. The van der Waals surface area contributed by atoms with E-state index in [4.69, 9.17) is 14.2 Å². The van der Waals surface area contributed by atoms with Crippen molar-refractivity contribution in [2.24, 2.45) is 0 Å². The van der Waals surface area contributed by atoms with Crippen LogP contribution in [0.5, 0.6) is 0 Å². The van der Waals surface area contributed by atoms with Crippen molar-refractivity contribution in [3.63, 3.8) is 0 Å². The van der Waals surface area contributed by atoms with Gasteiger partial charge in [0.15, 0.2) is 6.10 Å². The van der Waals surface area contributed by atoms with Gasteiger partial charge < -0.3 is 14.2 Å². The molecule has 0 amide bonds. The highest BCUT2D eigenvalue weighted by Crippen LogP contribution is 2.17. The number of ether oxygens (including phenoxy) is 3. The Morgan fingerprint density at radius 3 is 0.859 bits per heavy atom. The van der Waals surface area contributed by atoms with Gasteiger partial charge in [-0.1, -0.05) is 306 Å². The molecule has 0 aromatic heterocycles. The van der Waals surface area contributed by atoms with Gasteiger partial charge in [-0.2, -0.15) is 0 Å². The lowest BCUT2D eigenvalue weighted by atomic mass is 10.0. The number of carbonyl (C=O) groups excluding carboxylic acids is 3. The maximum atomic E-state index is 12.9. The van der Waals surface area contributed by atoms with E-state index in [-0.39, 0.29) is 37.5 Å². The Morgan fingerprint density at radius 2 is 0.549 bits per heavy atom. The van der Waals surface area contributed by atoms with Crippen LogP contribution in [0.2, 0.25) is 0 Å². The minimum absolute atomic E-state index is 0.0924. The summed E-state index contributed by atoms with van der Waals surface area (Å²) in [4.78, 5) is 38.2. The van der Waals surface area contributed by atoms with Crippen LogP contribution in [-0.2, 0) is 28.6 Å². The second kappa shape index (κ2) is 59.7. The second-order valence-electron chi connectivity index (χ2n) is 20.6. The lowest BCUT2D eigenvalue weighted by Crippen LogP contribution is -2.30. The van der Waals surface area contributed by atoms with Gasteiger partial charge in [0.1, 0.15) is 13.2 Å². The Morgan fingerprint density at radius 1 is 0.296 bits per heavy atom. The quantitative estimate of drug-likeness (QED) is 0.0261. The smallest absolute Gasteiger partial charge is 0.306 e. The molecule has 0 aromatic carbocycles. The summed E-state index contributed by atoms with van der Waals surface area (Å²) in [6, 6.07) is 0. The summed E-state index contributed by atoms with van der Waals surface area (Å²) < 4.78 is 16.8. The average Bonchev–Trinajstić information content (AvgIpc) is 3.37. The fourth-order valence-electron chi connectivity index (χ4n) is 8.97. The maximum Gasteiger partial charge on any atom is 0.306 e. The van der Waals surface area contributed by atoms with Gasteiger partial charge in [0, 0.05) is 19.3 Å². The van der Waals surface area contributed by atoms with Crippen molar-refractivity contribution in [1.82, 2.24) is 0 Å². The molecule has 0 fully saturated rings. The monoisotopic (exact) mass is 993 g/mol. The first-order chi connectivity index (χ1) is 35.0. The Bertz CT molecular complexity index is 1280. The van der Waals surface area contributed by atoms with E-state index in [1.54, 1.807) is 0 Å². The molecule has 0 N–H and O–H groups in total. The van der Waals surface area contributed by atoms with Crippen molar-refractivity contribution < 1.29 is 28.6 Å². The second-order valence-corrected chi connectivity index (χ2v) is 20.6. The fraction of sp³-hybridized carbons (Fsp3) is 0.800. The van der Waals surface area contributed by atoms with Crippen molar-refractivity contribution in [2.75, 3.05) is 13.2 Å². The molecule has 0 aliphatic rings. The Labute approximate surface area is 440 Å². The average molecular weight is 994 g/mol. The van der Waals surface area contributed by atoms with Crippen LogP contribution in [0.25, 0.3) is 0 Å². The molecule has 412 valence electrons. The van der Waals surface area contributed by atoms with Gasteiger partial charge in [-0.25, -0.2) is 0 Å². The Balaban J connectivity index is 4.40. The molecular formula is C65H116O6. The zero-order chi connectivity index (χ0) is 51.4. The Kier molecular flexibility index (Phi) is 57.2. The molecular weight excluding hydrogens is 877 g/mol. The number of esters is 3. The standard InChI is InChI=1S/C65H116O6/c1-4-7-10-13-16-19-22-25-28-31-33-35-37-40-43-46-49-52-55-58-64(67)70-61-62(60-69-63(66)57-54-51-48-45-42-39-36-30-27-24-21-18-15-12-9-6-3)71-65(68)59-56-53-50-47-44-41-38-34-32-29-26-23-20-17-14-11-8-5-2/h9,12,18,21,27,30,39,42,48,51,62H,4-8,10-11,13-17,19-20,22-26,28-29,31-38,40-41,43-47,49-50,52-61H2,1-3H3/b12-9-,21-18-,30-27-,42-39-,51-48-. The molecule has 0 rings (SSSR count). The summed E-state index contributed by atoms with van der Waals surface area (Å²) in [5.41, 5.74) is 0. The van der Waals surface area contributed by atoms with Crippen molar-refractivity contribution in [1.29, 1.82) is 0 Å².